The molecule has 1 heterocycles. The average Bonchev–Trinajstić information content (AvgIpc) is 2.57. The number of piperidine rings is 1. The van der Waals surface area contributed by atoms with E-state index in [4.69, 9.17) is 0 Å². The van der Waals surface area contributed by atoms with Crippen molar-refractivity contribution in [3.8, 4) is 0 Å². The number of nitrogens with zero attached hydrogens (tertiary/aromatic N) is 1. The zero-order chi connectivity index (χ0) is 15.5. The van der Waals surface area contributed by atoms with Crippen molar-refractivity contribution in [2.24, 2.45) is 0 Å². The van der Waals surface area contributed by atoms with Crippen molar-refractivity contribution in [2.75, 3.05) is 19.6 Å². The molecular formula is C18H30N2O. The Hall–Kier alpha value is -1.35. The van der Waals surface area contributed by atoms with E-state index in [2.05, 4.69) is 40.5 Å². The van der Waals surface area contributed by atoms with Crippen LogP contribution in [0, 0.1) is 0 Å². The van der Waals surface area contributed by atoms with Gasteiger partial charge in [0.05, 0.1) is 0 Å². The van der Waals surface area contributed by atoms with Gasteiger partial charge in [0.25, 0.3) is 0 Å². The van der Waals surface area contributed by atoms with E-state index in [1.807, 2.05) is 20.8 Å². The predicted octanol–water partition coefficient (Wildman–Crippen LogP) is 3.25. The van der Waals surface area contributed by atoms with Crippen LogP contribution in [0.15, 0.2) is 30.3 Å². The summed E-state index contributed by atoms with van der Waals surface area (Å²) in [5, 5.41) is 3.10. The lowest BCUT2D eigenvalue weighted by molar-refractivity contribution is -0.121. The highest BCUT2D eigenvalue weighted by atomic mass is 16.1. The number of likely N-dealkylation sites (tertiary alicyclic amines) is 1. The number of nitrogens with one attached hydrogen (secondary N) is 1. The van der Waals surface area contributed by atoms with Crippen LogP contribution in [0.5, 0.6) is 0 Å². The van der Waals surface area contributed by atoms with Gasteiger partial charge in [-0.15, -0.1) is 0 Å². The lowest BCUT2D eigenvalue weighted by Gasteiger charge is -2.32. The monoisotopic (exact) mass is 290 g/mol. The molecule has 0 atom stereocenters. The van der Waals surface area contributed by atoms with Gasteiger partial charge in [0.2, 0.25) is 5.91 Å². The molecule has 1 fully saturated rings. The topological polar surface area (TPSA) is 32.3 Å². The van der Waals surface area contributed by atoms with E-state index in [-0.39, 0.29) is 5.91 Å². The molecule has 0 saturated carbocycles. The average molecular weight is 290 g/mol. The maximum Gasteiger partial charge on any atom is 0.219 e. The molecule has 1 aliphatic heterocycles. The predicted molar refractivity (Wildman–Crippen MR) is 89.4 cm³/mol. The van der Waals surface area contributed by atoms with Gasteiger partial charge >= 0.3 is 0 Å². The Kier molecular flexibility index (Phi) is 8.76. The molecule has 118 valence electrons. The van der Waals surface area contributed by atoms with Crippen LogP contribution in [0.2, 0.25) is 0 Å². The third-order valence-corrected chi connectivity index (χ3v) is 3.83. The minimum absolute atomic E-state index is 0.183. The molecule has 0 aliphatic carbocycles. The molecule has 0 radical (unpaired) electrons. The lowest BCUT2D eigenvalue weighted by atomic mass is 10.0. The van der Waals surface area contributed by atoms with Gasteiger partial charge in [0.15, 0.2) is 0 Å². The smallest absolute Gasteiger partial charge is 0.219 e. The van der Waals surface area contributed by atoms with Crippen molar-refractivity contribution in [3.63, 3.8) is 0 Å². The Morgan fingerprint density at radius 3 is 2.38 bits per heavy atom. The van der Waals surface area contributed by atoms with Gasteiger partial charge in [-0.1, -0.05) is 51.1 Å². The summed E-state index contributed by atoms with van der Waals surface area (Å²) >= 11 is 0. The van der Waals surface area contributed by atoms with Crippen molar-refractivity contribution in [1.29, 1.82) is 0 Å². The van der Waals surface area contributed by atoms with Crippen LogP contribution >= 0.6 is 0 Å². The summed E-state index contributed by atoms with van der Waals surface area (Å²) in [5.41, 5.74) is 1.41. The molecule has 0 unspecified atom stereocenters. The Bertz CT molecular complexity index is 383. The summed E-state index contributed by atoms with van der Waals surface area (Å²) in [6.07, 6.45) is 3.88. The van der Waals surface area contributed by atoms with Crippen molar-refractivity contribution in [2.45, 2.75) is 52.5 Å². The Balaban J connectivity index is 0.00000106. The van der Waals surface area contributed by atoms with Crippen LogP contribution in [-0.2, 0) is 11.2 Å². The van der Waals surface area contributed by atoms with E-state index in [9.17, 15) is 4.79 Å². The lowest BCUT2D eigenvalue weighted by Crippen LogP contribution is -2.44. The quantitative estimate of drug-likeness (QED) is 0.903. The molecule has 3 heteroatoms. The molecule has 1 aromatic carbocycles. The molecule has 0 spiro atoms. The molecule has 0 aromatic heterocycles. The van der Waals surface area contributed by atoms with Gasteiger partial charge in [-0.05, 0) is 24.8 Å². The third-order valence-electron chi connectivity index (χ3n) is 3.83. The van der Waals surface area contributed by atoms with E-state index < -0.39 is 0 Å². The van der Waals surface area contributed by atoms with Crippen LogP contribution in [0.25, 0.3) is 0 Å². The molecule has 3 nitrogen and oxygen atoms in total. The Morgan fingerprint density at radius 1 is 1.19 bits per heavy atom. The number of amides is 1. The van der Waals surface area contributed by atoms with Crippen molar-refractivity contribution >= 4 is 5.91 Å². The summed E-state index contributed by atoms with van der Waals surface area (Å²) in [5.74, 6) is 0.183. The number of rotatable bonds is 5. The van der Waals surface area contributed by atoms with Crippen LogP contribution < -0.4 is 5.32 Å². The molecule has 1 saturated heterocycles. The van der Waals surface area contributed by atoms with Crippen LogP contribution in [-0.4, -0.2) is 36.5 Å². The van der Waals surface area contributed by atoms with Gasteiger partial charge < -0.3 is 10.2 Å². The molecule has 1 amide bonds. The fourth-order valence-electron chi connectivity index (χ4n) is 2.56. The zero-order valence-corrected chi connectivity index (χ0v) is 13.8. The molecule has 2 rings (SSSR count). The van der Waals surface area contributed by atoms with Gasteiger partial charge in [-0.2, -0.15) is 0 Å². The SMILES string of the molecule is CC.CCC(=O)NC1CCN(CCc2ccccc2)CC1. The van der Waals surface area contributed by atoms with Crippen LogP contribution in [0.3, 0.4) is 0 Å². The van der Waals surface area contributed by atoms with Gasteiger partial charge in [-0.3, -0.25) is 4.79 Å². The molecule has 1 N–H and O–H groups in total. The fraction of sp³-hybridized carbons (Fsp3) is 0.611. The Labute approximate surface area is 129 Å². The van der Waals surface area contributed by atoms with E-state index in [0.717, 1.165) is 38.9 Å². The fourth-order valence-corrected chi connectivity index (χ4v) is 2.56. The first-order chi connectivity index (χ1) is 10.3. The molecular weight excluding hydrogens is 260 g/mol. The number of carbonyl (C=O) groups is 1. The Morgan fingerprint density at radius 2 is 1.81 bits per heavy atom. The number of benzene rings is 1. The first-order valence-corrected chi connectivity index (χ1v) is 8.33. The largest absolute Gasteiger partial charge is 0.353 e. The summed E-state index contributed by atoms with van der Waals surface area (Å²) in [7, 11) is 0. The molecule has 21 heavy (non-hydrogen) atoms. The van der Waals surface area contributed by atoms with E-state index in [0.29, 0.717) is 12.5 Å². The maximum absolute atomic E-state index is 11.3. The second-order valence-corrected chi connectivity index (χ2v) is 5.27. The van der Waals surface area contributed by atoms with Crippen LogP contribution in [0.4, 0.5) is 0 Å². The minimum Gasteiger partial charge on any atom is -0.353 e. The van der Waals surface area contributed by atoms with Gasteiger partial charge in [0.1, 0.15) is 0 Å². The summed E-state index contributed by atoms with van der Waals surface area (Å²) in [6.45, 7) is 9.23. The highest BCUT2D eigenvalue weighted by molar-refractivity contribution is 5.75. The first kappa shape index (κ1) is 17.7. The standard InChI is InChI=1S/C16H24N2O.C2H6/c1-2-16(19)17-15-9-12-18(13-10-15)11-8-14-6-4-3-5-7-14;1-2/h3-7,15H,2,8-13H2,1H3,(H,17,19);1-2H3. The number of hydrogen-bond donors (Lipinski definition) is 1. The third kappa shape index (κ3) is 6.76. The molecule has 0 bridgehead atoms. The highest BCUT2D eigenvalue weighted by Gasteiger charge is 2.19. The maximum atomic E-state index is 11.3. The minimum atomic E-state index is 0.183. The first-order valence-electron chi connectivity index (χ1n) is 8.33. The molecule has 1 aromatic rings. The number of carbonyl (C=O) groups excluding carboxylic acids is 1. The molecule has 1 aliphatic rings. The number of hydrogen-bond acceptors (Lipinski definition) is 2. The van der Waals surface area contributed by atoms with E-state index >= 15 is 0 Å². The van der Waals surface area contributed by atoms with Crippen LogP contribution in [0.1, 0.15) is 45.6 Å². The normalized spacial score (nSPS) is 16.0. The van der Waals surface area contributed by atoms with E-state index in [1.54, 1.807) is 0 Å². The van der Waals surface area contributed by atoms with Crippen molar-refractivity contribution in [1.82, 2.24) is 10.2 Å². The zero-order valence-electron chi connectivity index (χ0n) is 13.8. The summed E-state index contributed by atoms with van der Waals surface area (Å²) in [4.78, 5) is 13.8. The summed E-state index contributed by atoms with van der Waals surface area (Å²) in [6, 6.07) is 11.0. The van der Waals surface area contributed by atoms with Crippen molar-refractivity contribution < 1.29 is 4.79 Å². The van der Waals surface area contributed by atoms with Crippen molar-refractivity contribution in [3.05, 3.63) is 35.9 Å². The second kappa shape index (κ2) is 10.4. The highest BCUT2D eigenvalue weighted by Crippen LogP contribution is 2.11. The second-order valence-electron chi connectivity index (χ2n) is 5.27. The van der Waals surface area contributed by atoms with E-state index in [1.165, 1.54) is 5.56 Å². The summed E-state index contributed by atoms with van der Waals surface area (Å²) < 4.78 is 0. The van der Waals surface area contributed by atoms with Gasteiger partial charge in [-0.25, -0.2) is 0 Å². The van der Waals surface area contributed by atoms with Gasteiger partial charge in [0, 0.05) is 32.1 Å².